The van der Waals surface area contributed by atoms with Crippen molar-refractivity contribution >= 4 is 35.0 Å². The van der Waals surface area contributed by atoms with Crippen LogP contribution in [0.2, 0.25) is 0 Å². The lowest BCUT2D eigenvalue weighted by Crippen LogP contribution is -2.14. The van der Waals surface area contributed by atoms with Gasteiger partial charge in [0, 0.05) is 24.4 Å². The van der Waals surface area contributed by atoms with E-state index in [1.54, 1.807) is 36.4 Å². The molecule has 2 N–H and O–H groups in total. The van der Waals surface area contributed by atoms with Gasteiger partial charge in [0.2, 0.25) is 23.8 Å². The number of carbonyl (C=O) groups is 2. The highest BCUT2D eigenvalue weighted by Gasteiger charge is 2.17. The molecule has 0 atom stereocenters. The third kappa shape index (κ3) is 4.46. The number of amides is 2. The summed E-state index contributed by atoms with van der Waals surface area (Å²) in [6, 6.07) is 12.2. The number of hydrogen-bond donors (Lipinski definition) is 2. The van der Waals surface area contributed by atoms with Gasteiger partial charge < -0.3 is 20.1 Å². The first kappa shape index (κ1) is 18.7. The molecule has 2 heterocycles. The van der Waals surface area contributed by atoms with E-state index in [9.17, 15) is 9.59 Å². The second-order valence-electron chi connectivity index (χ2n) is 6.01. The lowest BCUT2D eigenvalue weighted by atomic mass is 10.3. The van der Waals surface area contributed by atoms with Gasteiger partial charge in [0.1, 0.15) is 0 Å². The van der Waals surface area contributed by atoms with Crippen LogP contribution >= 0.6 is 11.8 Å². The fraction of sp³-hybridized carbons (Fsp3) is 0.167. The molecule has 0 bridgehead atoms. The summed E-state index contributed by atoms with van der Waals surface area (Å²) in [4.78, 5) is 23.3. The van der Waals surface area contributed by atoms with Crippen molar-refractivity contribution in [1.82, 2.24) is 20.2 Å². The van der Waals surface area contributed by atoms with E-state index < -0.39 is 0 Å². The molecule has 0 fully saturated rings. The number of benzene rings is 2. The highest BCUT2D eigenvalue weighted by Crippen LogP contribution is 2.34. The van der Waals surface area contributed by atoms with Gasteiger partial charge in [-0.3, -0.25) is 9.59 Å². The van der Waals surface area contributed by atoms with Gasteiger partial charge in [0.05, 0.1) is 11.4 Å². The van der Waals surface area contributed by atoms with Crippen LogP contribution in [0.5, 0.6) is 11.5 Å². The maximum atomic E-state index is 12.3. The van der Waals surface area contributed by atoms with E-state index in [0.717, 1.165) is 0 Å². The van der Waals surface area contributed by atoms with Gasteiger partial charge in [0.15, 0.2) is 11.5 Å². The summed E-state index contributed by atoms with van der Waals surface area (Å²) >= 11 is 1.21. The monoisotopic (exact) mass is 412 g/mol. The Labute approximate surface area is 169 Å². The number of carbonyl (C=O) groups excluding carboxylic acids is 2. The lowest BCUT2D eigenvalue weighted by molar-refractivity contribution is -0.114. The fourth-order valence-corrected chi connectivity index (χ4v) is 3.31. The molecule has 29 heavy (non-hydrogen) atoms. The van der Waals surface area contributed by atoms with E-state index in [1.165, 1.54) is 23.4 Å². The average Bonchev–Trinajstić information content (AvgIpc) is 3.36. The first-order valence-electron chi connectivity index (χ1n) is 8.57. The number of nitrogens with one attached hydrogen (secondary N) is 2. The van der Waals surface area contributed by atoms with Crippen molar-refractivity contribution in [1.29, 1.82) is 0 Å². The van der Waals surface area contributed by atoms with Crippen LogP contribution in [0.1, 0.15) is 6.92 Å². The molecule has 4 rings (SSSR count). The summed E-state index contributed by atoms with van der Waals surface area (Å²) in [6.45, 7) is 1.62. The van der Waals surface area contributed by atoms with Crippen molar-refractivity contribution in [3.8, 4) is 17.2 Å². The van der Waals surface area contributed by atoms with Crippen molar-refractivity contribution in [2.24, 2.45) is 0 Å². The van der Waals surface area contributed by atoms with Gasteiger partial charge in [0.25, 0.3) is 0 Å². The maximum Gasteiger partial charge on any atom is 0.234 e. The molecular weight excluding hydrogens is 396 g/mol. The normalized spacial score (nSPS) is 11.9. The Morgan fingerprint density at radius 2 is 1.79 bits per heavy atom. The summed E-state index contributed by atoms with van der Waals surface area (Å²) in [5.74, 6) is 1.05. The Balaban J connectivity index is 1.37. The van der Waals surface area contributed by atoms with Crippen molar-refractivity contribution in [2.45, 2.75) is 12.1 Å². The molecule has 11 heteroatoms. The SMILES string of the molecule is CC(=O)Nc1ccc(NC(=O)CSc2nnnn2-c2ccc3c(c2)OCO3)cc1. The third-order valence-electron chi connectivity index (χ3n) is 3.86. The zero-order valence-electron chi connectivity index (χ0n) is 15.3. The van der Waals surface area contributed by atoms with Crippen molar-refractivity contribution in [3.63, 3.8) is 0 Å². The van der Waals surface area contributed by atoms with Gasteiger partial charge in [-0.2, -0.15) is 4.68 Å². The molecule has 10 nitrogen and oxygen atoms in total. The van der Waals surface area contributed by atoms with E-state index in [4.69, 9.17) is 9.47 Å². The number of thioether (sulfide) groups is 1. The minimum absolute atomic E-state index is 0.123. The summed E-state index contributed by atoms with van der Waals surface area (Å²) in [7, 11) is 0. The Bertz CT molecular complexity index is 1050. The molecule has 3 aromatic rings. The van der Waals surface area contributed by atoms with Gasteiger partial charge >= 0.3 is 0 Å². The van der Waals surface area contributed by atoms with Crippen LogP contribution in [-0.4, -0.2) is 44.6 Å². The zero-order valence-corrected chi connectivity index (χ0v) is 16.1. The molecule has 0 aliphatic carbocycles. The van der Waals surface area contributed by atoms with E-state index >= 15 is 0 Å². The molecule has 2 amide bonds. The van der Waals surface area contributed by atoms with Crippen molar-refractivity contribution < 1.29 is 19.1 Å². The molecule has 0 unspecified atom stereocenters. The van der Waals surface area contributed by atoms with E-state index in [0.29, 0.717) is 33.7 Å². The smallest absolute Gasteiger partial charge is 0.234 e. The standard InChI is InChI=1S/C18H16N6O4S/c1-11(25)19-12-2-4-13(5-3-12)20-17(26)9-29-18-21-22-23-24(18)14-6-7-15-16(8-14)28-10-27-15/h2-8H,9-10H2,1H3,(H,19,25)(H,20,26). The maximum absolute atomic E-state index is 12.3. The fourth-order valence-electron chi connectivity index (χ4n) is 2.62. The average molecular weight is 412 g/mol. The summed E-state index contributed by atoms with van der Waals surface area (Å²) < 4.78 is 12.2. The zero-order chi connectivity index (χ0) is 20.2. The van der Waals surface area contributed by atoms with Gasteiger partial charge in [-0.1, -0.05) is 11.8 Å². The van der Waals surface area contributed by atoms with Gasteiger partial charge in [-0.05, 0) is 46.8 Å². The number of nitrogens with zero attached hydrogens (tertiary/aromatic N) is 4. The molecule has 1 aliphatic rings. The van der Waals surface area contributed by atoms with E-state index in [2.05, 4.69) is 26.2 Å². The molecule has 1 aromatic heterocycles. The highest BCUT2D eigenvalue weighted by molar-refractivity contribution is 7.99. The molecule has 2 aromatic carbocycles. The molecule has 148 valence electrons. The predicted molar refractivity (Wildman–Crippen MR) is 105 cm³/mol. The van der Waals surface area contributed by atoms with Crippen LogP contribution in [0.3, 0.4) is 0 Å². The van der Waals surface area contributed by atoms with Crippen LogP contribution in [-0.2, 0) is 9.59 Å². The van der Waals surface area contributed by atoms with E-state index in [-0.39, 0.29) is 24.4 Å². The van der Waals surface area contributed by atoms with E-state index in [1.807, 2.05) is 6.07 Å². The first-order valence-corrected chi connectivity index (χ1v) is 9.56. The Morgan fingerprint density at radius 3 is 2.55 bits per heavy atom. The number of anilines is 2. The quantitative estimate of drug-likeness (QED) is 0.591. The van der Waals surface area contributed by atoms with Crippen LogP contribution in [0.4, 0.5) is 11.4 Å². The Morgan fingerprint density at radius 1 is 1.07 bits per heavy atom. The highest BCUT2D eigenvalue weighted by atomic mass is 32.2. The molecule has 0 radical (unpaired) electrons. The molecular formula is C18H16N6O4S. The summed E-state index contributed by atoms with van der Waals surface area (Å²) in [5.41, 5.74) is 1.99. The minimum Gasteiger partial charge on any atom is -0.454 e. The predicted octanol–water partition coefficient (Wildman–Crippen LogP) is 2.08. The van der Waals surface area contributed by atoms with Crippen molar-refractivity contribution in [3.05, 3.63) is 42.5 Å². The Kier molecular flexibility index (Phi) is 5.29. The summed E-state index contributed by atoms with van der Waals surface area (Å²) in [6.07, 6.45) is 0. The molecule has 0 saturated carbocycles. The van der Waals surface area contributed by atoms with Crippen LogP contribution in [0, 0.1) is 0 Å². The number of tetrazole rings is 1. The Hall–Kier alpha value is -3.60. The third-order valence-corrected chi connectivity index (χ3v) is 4.78. The summed E-state index contributed by atoms with van der Waals surface area (Å²) in [5, 5.41) is 17.6. The number of aromatic nitrogens is 4. The van der Waals surface area contributed by atoms with Crippen LogP contribution < -0.4 is 20.1 Å². The van der Waals surface area contributed by atoms with Gasteiger partial charge in [-0.15, -0.1) is 5.10 Å². The minimum atomic E-state index is -0.206. The second-order valence-corrected chi connectivity index (χ2v) is 6.95. The topological polar surface area (TPSA) is 120 Å². The first-order chi connectivity index (χ1) is 14.1. The number of hydrogen-bond acceptors (Lipinski definition) is 8. The van der Waals surface area contributed by atoms with Crippen LogP contribution in [0.25, 0.3) is 5.69 Å². The molecule has 1 aliphatic heterocycles. The second kappa shape index (κ2) is 8.19. The lowest BCUT2D eigenvalue weighted by Gasteiger charge is -2.07. The van der Waals surface area contributed by atoms with Gasteiger partial charge in [-0.25, -0.2) is 0 Å². The number of fused-ring (bicyclic) bond motifs is 1. The number of rotatable bonds is 6. The molecule has 0 saturated heterocycles. The van der Waals surface area contributed by atoms with Crippen LogP contribution in [0.15, 0.2) is 47.6 Å². The number of ether oxygens (including phenoxy) is 2. The largest absolute Gasteiger partial charge is 0.454 e. The molecule has 0 spiro atoms. The van der Waals surface area contributed by atoms with Crippen molar-refractivity contribution in [2.75, 3.05) is 23.2 Å².